The van der Waals surface area contributed by atoms with Crippen LogP contribution in [0.2, 0.25) is 5.02 Å². The fourth-order valence-corrected chi connectivity index (χ4v) is 3.98. The highest BCUT2D eigenvalue weighted by molar-refractivity contribution is 6.31. The van der Waals surface area contributed by atoms with Gasteiger partial charge in [-0.05, 0) is 52.6 Å². The number of carbonyl (C=O) groups is 1. The molecule has 4 nitrogen and oxygen atoms in total. The molecule has 0 saturated heterocycles. The molecule has 0 aromatic heterocycles. The number of carboxylic acid groups (broad SMARTS) is 1. The first kappa shape index (κ1) is 24.2. The number of hydrogen-bond donors (Lipinski definition) is 2. The maximum absolute atomic E-state index is 14.1. The third kappa shape index (κ3) is 4.42. The summed E-state index contributed by atoms with van der Waals surface area (Å²) in [4.78, 5) is 11.2. The lowest BCUT2D eigenvalue weighted by molar-refractivity contribution is -0.274. The molecule has 2 N–H and O–H groups in total. The number of halogens is 5. The van der Waals surface area contributed by atoms with E-state index in [1.807, 2.05) is 0 Å². The van der Waals surface area contributed by atoms with Gasteiger partial charge in [0.1, 0.15) is 5.82 Å². The maximum atomic E-state index is 14.1. The van der Waals surface area contributed by atoms with Crippen LogP contribution in [0.1, 0.15) is 39.9 Å². The molecule has 3 rings (SSSR count). The Hall–Kier alpha value is -3.41. The van der Waals surface area contributed by atoms with Crippen LogP contribution in [0.3, 0.4) is 0 Å². The zero-order chi connectivity index (χ0) is 24.6. The van der Waals surface area contributed by atoms with E-state index in [0.717, 1.165) is 31.2 Å². The molecule has 0 spiro atoms. The normalized spacial score (nSPS) is 14.2. The Balaban J connectivity index is 2.09. The number of aliphatic hydroxyl groups is 1. The molecular weight excluding hydrogens is 462 g/mol. The zero-order valence-electron chi connectivity index (χ0n) is 17.0. The third-order valence-corrected chi connectivity index (χ3v) is 5.81. The van der Waals surface area contributed by atoms with Crippen molar-refractivity contribution in [2.45, 2.75) is 24.6 Å². The van der Waals surface area contributed by atoms with Crippen LogP contribution in [0.25, 0.3) is 11.1 Å². The van der Waals surface area contributed by atoms with Crippen LogP contribution < -0.4 is 0 Å². The molecular formula is C24H16ClF4NO3. The van der Waals surface area contributed by atoms with Gasteiger partial charge in [-0.15, -0.1) is 0 Å². The van der Waals surface area contributed by atoms with Crippen LogP contribution in [-0.2, 0) is 5.60 Å². The summed E-state index contributed by atoms with van der Waals surface area (Å²) >= 11 is 6.29. The first-order chi connectivity index (χ1) is 15.4. The number of nitrogens with zero attached hydrogens (tertiary/aromatic N) is 1. The van der Waals surface area contributed by atoms with E-state index >= 15 is 0 Å². The van der Waals surface area contributed by atoms with E-state index in [1.54, 1.807) is 6.07 Å². The van der Waals surface area contributed by atoms with Crippen molar-refractivity contribution in [2.75, 3.05) is 0 Å². The van der Waals surface area contributed by atoms with Gasteiger partial charge in [-0.2, -0.15) is 18.4 Å². The lowest BCUT2D eigenvalue weighted by atomic mass is 9.77. The summed E-state index contributed by atoms with van der Waals surface area (Å²) in [7, 11) is 0. The molecule has 3 aromatic carbocycles. The van der Waals surface area contributed by atoms with Crippen LogP contribution in [0, 0.1) is 17.1 Å². The van der Waals surface area contributed by atoms with E-state index in [-0.39, 0.29) is 16.1 Å². The second kappa shape index (κ2) is 8.85. The predicted molar refractivity (Wildman–Crippen MR) is 113 cm³/mol. The highest BCUT2D eigenvalue weighted by Crippen LogP contribution is 2.50. The summed E-state index contributed by atoms with van der Waals surface area (Å²) in [6.45, 7) is 1.16. The van der Waals surface area contributed by atoms with Crippen molar-refractivity contribution in [3.05, 3.63) is 93.8 Å². The SMILES string of the molecule is CC(c1ccc(-c2ccc(F)c(C(=O)O)c2)cc1Cl)C(O)(c1cccc(C#N)c1)C(F)(F)F. The lowest BCUT2D eigenvalue weighted by Crippen LogP contribution is -2.46. The average molecular weight is 478 g/mol. The van der Waals surface area contributed by atoms with E-state index in [0.29, 0.717) is 11.1 Å². The molecule has 9 heteroatoms. The lowest BCUT2D eigenvalue weighted by Gasteiger charge is -2.37. The van der Waals surface area contributed by atoms with Crippen molar-refractivity contribution in [3.8, 4) is 17.2 Å². The maximum Gasteiger partial charge on any atom is 0.422 e. The fraction of sp³-hybridized carbons (Fsp3) is 0.167. The first-order valence-electron chi connectivity index (χ1n) is 9.52. The minimum absolute atomic E-state index is 0.0248. The van der Waals surface area contributed by atoms with Crippen molar-refractivity contribution in [3.63, 3.8) is 0 Å². The average Bonchev–Trinajstić information content (AvgIpc) is 2.77. The number of alkyl halides is 3. The Morgan fingerprint density at radius 2 is 1.70 bits per heavy atom. The smallest absolute Gasteiger partial charge is 0.422 e. The zero-order valence-corrected chi connectivity index (χ0v) is 17.7. The summed E-state index contributed by atoms with van der Waals surface area (Å²) in [6.07, 6.45) is -5.10. The van der Waals surface area contributed by atoms with Crippen molar-refractivity contribution in [2.24, 2.45) is 0 Å². The minimum Gasteiger partial charge on any atom is -0.478 e. The van der Waals surface area contributed by atoms with Gasteiger partial charge in [0.2, 0.25) is 0 Å². The van der Waals surface area contributed by atoms with Crippen LogP contribution in [0.5, 0.6) is 0 Å². The summed E-state index contributed by atoms with van der Waals surface area (Å²) in [6, 6.07) is 13.7. The Bertz CT molecular complexity index is 1270. The standard InChI is InChI=1S/C24H16ClF4NO3/c1-13(23(33,24(27,28)29)17-4-2-3-14(9-17)12-30)18-7-5-16(11-20(18)25)15-6-8-21(26)19(10-15)22(31)32/h2-11,13,33H,1H3,(H,31,32). The molecule has 170 valence electrons. The van der Waals surface area contributed by atoms with Crippen LogP contribution in [0.4, 0.5) is 17.6 Å². The van der Waals surface area contributed by atoms with Gasteiger partial charge in [0, 0.05) is 10.9 Å². The second-order valence-corrected chi connectivity index (χ2v) is 7.82. The van der Waals surface area contributed by atoms with Crippen molar-refractivity contribution < 1.29 is 32.6 Å². The van der Waals surface area contributed by atoms with Gasteiger partial charge in [0.15, 0.2) is 5.60 Å². The highest BCUT2D eigenvalue weighted by atomic mass is 35.5. The highest BCUT2D eigenvalue weighted by Gasteiger charge is 2.59. The molecule has 3 aromatic rings. The predicted octanol–water partition coefficient (Wildman–Crippen LogP) is 6.27. The number of hydrogen-bond acceptors (Lipinski definition) is 3. The summed E-state index contributed by atoms with van der Waals surface area (Å²) in [5, 5.41) is 28.9. The van der Waals surface area contributed by atoms with Gasteiger partial charge in [0.05, 0.1) is 17.2 Å². The topological polar surface area (TPSA) is 81.3 Å². The Morgan fingerprint density at radius 1 is 1.06 bits per heavy atom. The first-order valence-corrected chi connectivity index (χ1v) is 9.90. The van der Waals surface area contributed by atoms with Crippen LogP contribution in [-0.4, -0.2) is 22.4 Å². The van der Waals surface area contributed by atoms with Crippen molar-refractivity contribution >= 4 is 17.6 Å². The molecule has 0 heterocycles. The molecule has 0 fully saturated rings. The van der Waals surface area contributed by atoms with Crippen LogP contribution in [0.15, 0.2) is 60.7 Å². The summed E-state index contributed by atoms with van der Waals surface area (Å²) < 4.78 is 56.1. The molecule has 0 bridgehead atoms. The largest absolute Gasteiger partial charge is 0.478 e. The summed E-state index contributed by atoms with van der Waals surface area (Å²) in [5.41, 5.74) is -3.85. The molecule has 0 amide bonds. The quantitative estimate of drug-likeness (QED) is 0.424. The molecule has 33 heavy (non-hydrogen) atoms. The molecule has 0 saturated carbocycles. The van der Waals surface area contributed by atoms with Gasteiger partial charge < -0.3 is 10.2 Å². The fourth-order valence-electron chi connectivity index (χ4n) is 3.64. The van der Waals surface area contributed by atoms with Crippen molar-refractivity contribution in [1.29, 1.82) is 5.26 Å². The number of carboxylic acids is 1. The van der Waals surface area contributed by atoms with Gasteiger partial charge in [-0.1, -0.05) is 48.9 Å². The second-order valence-electron chi connectivity index (χ2n) is 7.41. The van der Waals surface area contributed by atoms with Gasteiger partial charge in [-0.25, -0.2) is 9.18 Å². The number of aromatic carboxylic acids is 1. The number of nitriles is 1. The third-order valence-electron chi connectivity index (χ3n) is 5.49. The van der Waals surface area contributed by atoms with E-state index in [1.165, 1.54) is 36.4 Å². The van der Waals surface area contributed by atoms with E-state index in [2.05, 4.69) is 0 Å². The van der Waals surface area contributed by atoms with Crippen LogP contribution >= 0.6 is 11.6 Å². The molecule has 0 aliphatic heterocycles. The Labute approximate surface area is 191 Å². The minimum atomic E-state index is -5.10. The molecule has 0 aliphatic rings. The molecule has 2 atom stereocenters. The van der Waals surface area contributed by atoms with E-state index in [9.17, 15) is 27.5 Å². The Morgan fingerprint density at radius 3 is 2.27 bits per heavy atom. The van der Waals surface area contributed by atoms with E-state index in [4.69, 9.17) is 22.0 Å². The molecule has 0 radical (unpaired) electrons. The van der Waals surface area contributed by atoms with E-state index < -0.39 is 40.6 Å². The number of benzene rings is 3. The number of rotatable bonds is 5. The Kier molecular flexibility index (Phi) is 6.50. The molecule has 2 unspecified atom stereocenters. The van der Waals surface area contributed by atoms with Crippen molar-refractivity contribution in [1.82, 2.24) is 0 Å². The van der Waals surface area contributed by atoms with Gasteiger partial charge in [0.25, 0.3) is 0 Å². The molecule has 0 aliphatic carbocycles. The summed E-state index contributed by atoms with van der Waals surface area (Å²) in [5.74, 6) is -3.98. The van der Waals surface area contributed by atoms with Gasteiger partial charge >= 0.3 is 12.1 Å². The monoisotopic (exact) mass is 477 g/mol. The van der Waals surface area contributed by atoms with Gasteiger partial charge in [-0.3, -0.25) is 0 Å².